The number of ether oxygens (including phenoxy) is 2. The van der Waals surface area contributed by atoms with Gasteiger partial charge in [-0.2, -0.15) is 0 Å². The van der Waals surface area contributed by atoms with E-state index in [-0.39, 0.29) is 23.0 Å². The zero-order valence-corrected chi connectivity index (χ0v) is 20.5. The van der Waals surface area contributed by atoms with Crippen LogP contribution < -0.4 is 0 Å². The van der Waals surface area contributed by atoms with E-state index < -0.39 is 26.2 Å². The van der Waals surface area contributed by atoms with Gasteiger partial charge in [0.05, 0.1) is 23.6 Å². The van der Waals surface area contributed by atoms with E-state index in [2.05, 4.69) is 5.16 Å². The number of ketones is 1. The van der Waals surface area contributed by atoms with Crippen LogP contribution >= 0.6 is 0 Å². The first kappa shape index (κ1) is 25.0. The van der Waals surface area contributed by atoms with Crippen LogP contribution in [0.15, 0.2) is 39.8 Å². The number of carbonyl (C=O) groups is 1. The lowest BCUT2D eigenvalue weighted by molar-refractivity contribution is -0.172. The van der Waals surface area contributed by atoms with Gasteiger partial charge in [-0.05, 0) is 70.2 Å². The van der Waals surface area contributed by atoms with Crippen LogP contribution in [0.1, 0.15) is 70.2 Å². The van der Waals surface area contributed by atoms with Crippen LogP contribution in [0, 0.1) is 5.82 Å². The molecule has 186 valence electrons. The van der Waals surface area contributed by atoms with E-state index in [1.54, 1.807) is 6.07 Å². The zero-order chi connectivity index (χ0) is 24.4. The van der Waals surface area contributed by atoms with E-state index in [4.69, 9.17) is 14.0 Å². The molecule has 0 amide bonds. The molecule has 9 heteroatoms. The van der Waals surface area contributed by atoms with Gasteiger partial charge in [-0.3, -0.25) is 4.79 Å². The molecule has 2 heterocycles. The lowest BCUT2D eigenvalue weighted by atomic mass is 9.83. The van der Waals surface area contributed by atoms with Crippen LogP contribution in [0.4, 0.5) is 4.39 Å². The third-order valence-electron chi connectivity index (χ3n) is 7.15. The highest BCUT2D eigenvalue weighted by atomic mass is 32.2. The van der Waals surface area contributed by atoms with Crippen LogP contribution in [-0.4, -0.2) is 43.6 Å². The monoisotopic (exact) mass is 493 g/mol. The summed E-state index contributed by atoms with van der Waals surface area (Å²) in [6.45, 7) is 3.91. The van der Waals surface area contributed by atoms with Crippen LogP contribution in [0.25, 0.3) is 0 Å². The maximum absolute atomic E-state index is 13.2. The van der Waals surface area contributed by atoms with Crippen molar-refractivity contribution >= 4 is 15.6 Å². The molecule has 34 heavy (non-hydrogen) atoms. The van der Waals surface area contributed by atoms with Gasteiger partial charge in [0.15, 0.2) is 21.9 Å². The Balaban J connectivity index is 1.47. The molecule has 2 aromatic rings. The molecule has 1 unspecified atom stereocenters. The highest BCUT2D eigenvalue weighted by Crippen LogP contribution is 2.42. The van der Waals surface area contributed by atoms with E-state index in [0.717, 1.165) is 62.8 Å². The number of sulfone groups is 1. The molecule has 1 aliphatic carbocycles. The second-order valence-corrected chi connectivity index (χ2v) is 12.3. The predicted octanol–water partition coefficient (Wildman–Crippen LogP) is 4.53. The molecule has 1 saturated heterocycles. The zero-order valence-electron chi connectivity index (χ0n) is 19.7. The molecule has 0 spiro atoms. The lowest BCUT2D eigenvalue weighted by Crippen LogP contribution is -2.41. The Morgan fingerprint density at radius 2 is 1.88 bits per heavy atom. The van der Waals surface area contributed by atoms with Crippen LogP contribution in [0.3, 0.4) is 0 Å². The van der Waals surface area contributed by atoms with Crippen molar-refractivity contribution < 1.29 is 31.6 Å². The quantitative estimate of drug-likeness (QED) is 0.474. The summed E-state index contributed by atoms with van der Waals surface area (Å²) in [5.74, 6) is -0.744. The second-order valence-electron chi connectivity index (χ2n) is 9.84. The van der Waals surface area contributed by atoms with Crippen molar-refractivity contribution in [3.05, 3.63) is 47.6 Å². The van der Waals surface area contributed by atoms with Crippen LogP contribution in [-0.2, 0) is 35.9 Å². The number of hydrogen-bond donors (Lipinski definition) is 0. The van der Waals surface area contributed by atoms with Gasteiger partial charge in [-0.25, -0.2) is 12.8 Å². The summed E-state index contributed by atoms with van der Waals surface area (Å²) in [5, 5.41) is 4.26. The van der Waals surface area contributed by atoms with Crippen molar-refractivity contribution in [3.8, 4) is 0 Å². The van der Waals surface area contributed by atoms with Crippen molar-refractivity contribution in [2.24, 2.45) is 0 Å². The highest BCUT2D eigenvalue weighted by Gasteiger charge is 2.44. The molecule has 1 aliphatic heterocycles. The number of rotatable bonds is 9. The summed E-state index contributed by atoms with van der Waals surface area (Å²) in [5.41, 5.74) is 0.448. The second kappa shape index (κ2) is 9.87. The number of nitrogens with zero attached hydrogens (tertiary/aromatic N) is 1. The molecule has 4 rings (SSSR count). The first-order valence-corrected chi connectivity index (χ1v) is 13.4. The Labute approximate surface area is 199 Å². The third kappa shape index (κ3) is 4.97. The maximum atomic E-state index is 13.2. The summed E-state index contributed by atoms with van der Waals surface area (Å²) in [6, 6.07) is 6.24. The number of carbonyl (C=O) groups excluding carboxylic acids is 1. The SMILES string of the molecule is CC(C)(C(=O)Cc1cc(C2(COC3CCCCO3)CCCC2)no1)S(=O)(=O)c1ccc(F)cc1. The summed E-state index contributed by atoms with van der Waals surface area (Å²) in [7, 11) is -4.03. The smallest absolute Gasteiger partial charge is 0.190 e. The Morgan fingerprint density at radius 1 is 1.18 bits per heavy atom. The molecule has 1 atom stereocenters. The van der Waals surface area contributed by atoms with Crippen LogP contribution in [0.2, 0.25) is 0 Å². The number of hydrogen-bond acceptors (Lipinski definition) is 7. The number of aromatic nitrogens is 1. The minimum atomic E-state index is -4.03. The van der Waals surface area contributed by atoms with E-state index in [0.29, 0.717) is 19.0 Å². The summed E-state index contributed by atoms with van der Waals surface area (Å²) < 4.78 is 55.0. The molecular formula is C25H32FNO6S. The molecule has 0 radical (unpaired) electrons. The average molecular weight is 494 g/mol. The van der Waals surface area contributed by atoms with E-state index in [1.165, 1.54) is 26.0 Å². The molecule has 1 aromatic carbocycles. The normalized spacial score (nSPS) is 21.0. The fraction of sp³-hybridized carbons (Fsp3) is 0.600. The number of halogens is 1. The van der Waals surface area contributed by atoms with Gasteiger partial charge in [0.1, 0.15) is 16.3 Å². The Hall–Kier alpha value is -2.10. The molecular weight excluding hydrogens is 461 g/mol. The molecule has 7 nitrogen and oxygen atoms in total. The molecule has 2 fully saturated rings. The van der Waals surface area contributed by atoms with E-state index in [1.807, 2.05) is 0 Å². The van der Waals surface area contributed by atoms with Crippen molar-refractivity contribution in [2.75, 3.05) is 13.2 Å². The van der Waals surface area contributed by atoms with Gasteiger partial charge < -0.3 is 14.0 Å². The summed E-state index contributed by atoms with van der Waals surface area (Å²) in [6.07, 6.45) is 6.54. The fourth-order valence-corrected chi connectivity index (χ4v) is 6.15. The topological polar surface area (TPSA) is 95.7 Å². The molecule has 1 aromatic heterocycles. The standard InChI is InChI=1S/C25H32FNO6S/c1-24(2,34(29,30)20-10-8-18(26)9-11-20)22(28)16-19-15-21(27-33-19)25(12-4-5-13-25)17-32-23-7-3-6-14-31-23/h8-11,15,23H,3-7,12-14,16-17H2,1-2H3. The maximum Gasteiger partial charge on any atom is 0.190 e. The van der Waals surface area contributed by atoms with Crippen molar-refractivity contribution in [1.29, 1.82) is 0 Å². The van der Waals surface area contributed by atoms with E-state index in [9.17, 15) is 17.6 Å². The fourth-order valence-electron chi connectivity index (χ4n) is 4.70. The minimum Gasteiger partial charge on any atom is -0.361 e. The third-order valence-corrected chi connectivity index (χ3v) is 9.61. The number of Topliss-reactive ketones (excluding diaryl/α,β-unsaturated/α-hetero) is 1. The Kier molecular flexibility index (Phi) is 7.26. The van der Waals surface area contributed by atoms with Crippen molar-refractivity contribution in [3.63, 3.8) is 0 Å². The highest BCUT2D eigenvalue weighted by molar-refractivity contribution is 7.93. The predicted molar refractivity (Wildman–Crippen MR) is 123 cm³/mol. The lowest BCUT2D eigenvalue weighted by Gasteiger charge is -2.30. The number of benzene rings is 1. The van der Waals surface area contributed by atoms with Gasteiger partial charge in [0.2, 0.25) is 0 Å². The largest absolute Gasteiger partial charge is 0.361 e. The van der Waals surface area contributed by atoms with Crippen molar-refractivity contribution in [2.45, 2.75) is 86.6 Å². The molecule has 0 N–H and O–H groups in total. The average Bonchev–Trinajstić information content (AvgIpc) is 3.49. The van der Waals surface area contributed by atoms with E-state index >= 15 is 0 Å². The molecule has 1 saturated carbocycles. The first-order valence-electron chi connectivity index (χ1n) is 11.9. The molecule has 0 bridgehead atoms. The van der Waals surface area contributed by atoms with Crippen molar-refractivity contribution in [1.82, 2.24) is 5.16 Å². The molecule has 2 aliphatic rings. The first-order chi connectivity index (χ1) is 16.1. The van der Waals surface area contributed by atoms with Gasteiger partial charge in [0, 0.05) is 18.1 Å². The minimum absolute atomic E-state index is 0.0995. The Morgan fingerprint density at radius 3 is 2.53 bits per heavy atom. The van der Waals surface area contributed by atoms with Gasteiger partial charge in [-0.15, -0.1) is 0 Å². The summed E-state index contributed by atoms with van der Waals surface area (Å²) in [4.78, 5) is 13.0. The summed E-state index contributed by atoms with van der Waals surface area (Å²) >= 11 is 0. The Bertz CT molecular complexity index is 1100. The van der Waals surface area contributed by atoms with Gasteiger partial charge in [-0.1, -0.05) is 18.0 Å². The van der Waals surface area contributed by atoms with Gasteiger partial charge in [0.25, 0.3) is 0 Å². The van der Waals surface area contributed by atoms with Gasteiger partial charge >= 0.3 is 0 Å². The van der Waals surface area contributed by atoms with Crippen LogP contribution in [0.5, 0.6) is 0 Å².